The summed E-state index contributed by atoms with van der Waals surface area (Å²) in [6.45, 7) is 6.21. The van der Waals surface area contributed by atoms with E-state index in [9.17, 15) is 9.18 Å². The van der Waals surface area contributed by atoms with Crippen LogP contribution in [0.5, 0.6) is 0 Å². The quantitative estimate of drug-likeness (QED) is 0.536. The van der Waals surface area contributed by atoms with Crippen molar-refractivity contribution in [1.82, 2.24) is 24.7 Å². The molecule has 0 saturated carbocycles. The predicted molar refractivity (Wildman–Crippen MR) is 134 cm³/mol. The molecule has 1 amide bonds. The van der Waals surface area contributed by atoms with Gasteiger partial charge in [-0.25, -0.2) is 14.4 Å². The number of fused-ring (bicyclic) bond motifs is 3. The summed E-state index contributed by atoms with van der Waals surface area (Å²) in [5.74, 6) is 0.245. The number of piperazine rings is 1. The van der Waals surface area contributed by atoms with Gasteiger partial charge >= 0.3 is 0 Å². The number of nitrogens with one attached hydrogen (secondary N) is 1. The third-order valence-electron chi connectivity index (χ3n) is 6.35. The van der Waals surface area contributed by atoms with Gasteiger partial charge < -0.3 is 15.1 Å². The number of halogens is 2. The Morgan fingerprint density at radius 2 is 2.06 bits per heavy atom. The van der Waals surface area contributed by atoms with E-state index < -0.39 is 5.82 Å². The number of carbonyl (C=O) groups excluding carboxylic acids is 1. The number of anilines is 2. The van der Waals surface area contributed by atoms with Gasteiger partial charge in [0.05, 0.1) is 17.0 Å². The predicted octanol–water partition coefficient (Wildman–Crippen LogP) is 3.92. The minimum atomic E-state index is -0.463. The van der Waals surface area contributed by atoms with Gasteiger partial charge in [0.1, 0.15) is 22.8 Å². The maximum Gasteiger partial charge on any atom is 0.246 e. The van der Waals surface area contributed by atoms with Crippen molar-refractivity contribution in [2.75, 3.05) is 51.6 Å². The number of nitrogens with zero attached hydrogens (tertiary/aromatic N) is 5. The number of hydrogen-bond acceptors (Lipinski definition) is 7. The molecule has 2 aromatic heterocycles. The highest BCUT2D eigenvalue weighted by Crippen LogP contribution is 2.38. The van der Waals surface area contributed by atoms with Crippen LogP contribution in [0.1, 0.15) is 10.4 Å². The summed E-state index contributed by atoms with van der Waals surface area (Å²) in [6.07, 6.45) is 5.94. The number of hydrogen-bond donors (Lipinski definition) is 1. The highest BCUT2D eigenvalue weighted by atomic mass is 35.5. The molecule has 34 heavy (non-hydrogen) atoms. The van der Waals surface area contributed by atoms with Crippen LogP contribution < -0.4 is 5.32 Å². The highest BCUT2D eigenvalue weighted by Gasteiger charge is 2.25. The molecule has 10 heteroatoms. The van der Waals surface area contributed by atoms with Crippen molar-refractivity contribution in [3.63, 3.8) is 0 Å². The Morgan fingerprint density at radius 1 is 1.24 bits per heavy atom. The summed E-state index contributed by atoms with van der Waals surface area (Å²) in [6, 6.07) is 4.49. The van der Waals surface area contributed by atoms with Crippen LogP contribution in [-0.4, -0.2) is 76.9 Å². The molecular weight excluding hydrogens is 475 g/mol. The van der Waals surface area contributed by atoms with E-state index >= 15 is 0 Å². The van der Waals surface area contributed by atoms with Crippen LogP contribution in [0.15, 0.2) is 36.7 Å². The summed E-state index contributed by atoms with van der Waals surface area (Å²) in [5, 5.41) is 4.26. The maximum atomic E-state index is 13.5. The number of rotatable bonds is 5. The van der Waals surface area contributed by atoms with E-state index in [0.717, 1.165) is 54.2 Å². The first kappa shape index (κ1) is 23.2. The van der Waals surface area contributed by atoms with Crippen molar-refractivity contribution in [1.29, 1.82) is 0 Å². The minimum Gasteiger partial charge on any atom is -0.340 e. The lowest BCUT2D eigenvalue weighted by atomic mass is 10.0. The van der Waals surface area contributed by atoms with Crippen LogP contribution in [0.25, 0.3) is 10.2 Å². The molecule has 1 saturated heterocycles. The smallest absolute Gasteiger partial charge is 0.246 e. The molecule has 178 valence electrons. The van der Waals surface area contributed by atoms with Crippen molar-refractivity contribution in [3.05, 3.63) is 58.0 Å². The number of aromatic nitrogens is 2. The minimum absolute atomic E-state index is 0.0441. The van der Waals surface area contributed by atoms with Crippen LogP contribution in [0, 0.1) is 5.82 Å². The molecule has 3 aromatic rings. The SMILES string of the molecule is CN1CCN(CC=CC(=O)N2CCc3c(sc4ncnc(Nc5ccc(F)c(Cl)c5)c34)C2)CC1. The fraction of sp³-hybridized carbons (Fsp3) is 0.375. The van der Waals surface area contributed by atoms with Crippen LogP contribution in [0.3, 0.4) is 0 Å². The standard InChI is InChI=1S/C24H26ClFN6OS/c1-30-9-11-31(12-10-30)7-2-3-21(33)32-8-6-17-20(14-32)34-24-22(17)23(27-15-28-24)29-16-4-5-19(26)18(25)13-16/h2-5,13,15H,6-12,14H2,1H3,(H,27,28,29). The van der Waals surface area contributed by atoms with Crippen LogP contribution >= 0.6 is 22.9 Å². The molecule has 0 radical (unpaired) electrons. The molecule has 4 heterocycles. The lowest BCUT2D eigenvalue weighted by molar-refractivity contribution is -0.126. The molecule has 2 aliphatic heterocycles. The van der Waals surface area contributed by atoms with Gasteiger partial charge in [0.2, 0.25) is 5.91 Å². The number of carbonyl (C=O) groups is 1. The lowest BCUT2D eigenvalue weighted by Gasteiger charge is -2.31. The second-order valence-electron chi connectivity index (χ2n) is 8.68. The van der Waals surface area contributed by atoms with Crippen LogP contribution in [0.4, 0.5) is 15.9 Å². The zero-order chi connectivity index (χ0) is 23.7. The summed E-state index contributed by atoms with van der Waals surface area (Å²) >= 11 is 7.52. The topological polar surface area (TPSA) is 64.6 Å². The van der Waals surface area contributed by atoms with Gasteiger partial charge in [0, 0.05) is 55.9 Å². The van der Waals surface area contributed by atoms with Crippen molar-refractivity contribution in [2.45, 2.75) is 13.0 Å². The van der Waals surface area contributed by atoms with Crippen molar-refractivity contribution in [2.24, 2.45) is 0 Å². The number of thiophene rings is 1. The van der Waals surface area contributed by atoms with Crippen molar-refractivity contribution in [3.8, 4) is 0 Å². The molecule has 0 atom stereocenters. The van der Waals surface area contributed by atoms with Gasteiger partial charge in [0.25, 0.3) is 0 Å². The van der Waals surface area contributed by atoms with E-state index in [1.54, 1.807) is 29.5 Å². The number of benzene rings is 1. The number of amides is 1. The lowest BCUT2D eigenvalue weighted by Crippen LogP contribution is -2.44. The van der Waals surface area contributed by atoms with E-state index in [2.05, 4.69) is 32.1 Å². The molecule has 0 bridgehead atoms. The van der Waals surface area contributed by atoms with Crippen molar-refractivity contribution < 1.29 is 9.18 Å². The third-order valence-corrected chi connectivity index (χ3v) is 7.77. The first-order chi connectivity index (χ1) is 16.5. The molecule has 0 unspecified atom stereocenters. The van der Waals surface area contributed by atoms with E-state index in [0.29, 0.717) is 24.6 Å². The van der Waals surface area contributed by atoms with E-state index in [-0.39, 0.29) is 10.9 Å². The summed E-state index contributed by atoms with van der Waals surface area (Å²) in [5.41, 5.74) is 1.83. The molecule has 0 spiro atoms. The molecule has 1 aromatic carbocycles. The average Bonchev–Trinajstić information content (AvgIpc) is 3.21. The molecule has 1 N–H and O–H groups in total. The summed E-state index contributed by atoms with van der Waals surface area (Å²) in [7, 11) is 2.14. The van der Waals surface area contributed by atoms with Gasteiger partial charge in [-0.3, -0.25) is 9.69 Å². The van der Waals surface area contributed by atoms with E-state index in [4.69, 9.17) is 11.6 Å². The normalized spacial score (nSPS) is 17.4. The Bertz CT molecular complexity index is 1240. The molecule has 7 nitrogen and oxygen atoms in total. The van der Waals surface area contributed by atoms with Gasteiger partial charge in [-0.2, -0.15) is 0 Å². The Morgan fingerprint density at radius 3 is 2.85 bits per heavy atom. The van der Waals surface area contributed by atoms with E-state index in [1.807, 2.05) is 11.0 Å². The summed E-state index contributed by atoms with van der Waals surface area (Å²) < 4.78 is 13.5. The van der Waals surface area contributed by atoms with Gasteiger partial charge in [-0.05, 0) is 37.2 Å². The number of likely N-dealkylation sites (N-methyl/N-ethyl adjacent to an activating group) is 1. The van der Waals surface area contributed by atoms with Gasteiger partial charge in [0.15, 0.2) is 0 Å². The first-order valence-corrected chi connectivity index (χ1v) is 12.5. The van der Waals surface area contributed by atoms with Crippen LogP contribution in [-0.2, 0) is 17.8 Å². The largest absolute Gasteiger partial charge is 0.340 e. The molecule has 2 aliphatic rings. The molecule has 0 aliphatic carbocycles. The second-order valence-corrected chi connectivity index (χ2v) is 10.2. The fourth-order valence-electron chi connectivity index (χ4n) is 4.36. The van der Waals surface area contributed by atoms with Gasteiger partial charge in [-0.15, -0.1) is 11.3 Å². The maximum absolute atomic E-state index is 13.5. The Kier molecular flexibility index (Phi) is 6.78. The first-order valence-electron chi connectivity index (χ1n) is 11.3. The zero-order valence-corrected chi connectivity index (χ0v) is 20.5. The third kappa shape index (κ3) is 4.93. The summed E-state index contributed by atoms with van der Waals surface area (Å²) in [4.78, 5) is 30.3. The average molecular weight is 501 g/mol. The van der Waals surface area contributed by atoms with Crippen LogP contribution in [0.2, 0.25) is 5.02 Å². The van der Waals surface area contributed by atoms with Crippen molar-refractivity contribution >= 4 is 50.6 Å². The zero-order valence-electron chi connectivity index (χ0n) is 18.9. The fourth-order valence-corrected chi connectivity index (χ4v) is 5.74. The molecule has 5 rings (SSSR count). The van der Waals surface area contributed by atoms with E-state index in [1.165, 1.54) is 18.0 Å². The Labute approximate surface area is 206 Å². The Balaban J connectivity index is 1.29. The second kappa shape index (κ2) is 9.95. The Hall–Kier alpha value is -2.59. The van der Waals surface area contributed by atoms with Gasteiger partial charge in [-0.1, -0.05) is 17.7 Å². The molecule has 1 fully saturated rings. The molecular formula is C24H26ClFN6OS. The highest BCUT2D eigenvalue weighted by molar-refractivity contribution is 7.19. The monoisotopic (exact) mass is 500 g/mol.